The van der Waals surface area contributed by atoms with E-state index in [1.165, 1.54) is 23.5 Å². The van der Waals surface area contributed by atoms with Crippen molar-refractivity contribution >= 4 is 57.3 Å². The van der Waals surface area contributed by atoms with Crippen LogP contribution in [-0.4, -0.2) is 33.5 Å². The molecule has 6 nitrogen and oxygen atoms in total. The van der Waals surface area contributed by atoms with Gasteiger partial charge in [-0.15, -0.1) is 0 Å². The Bertz CT molecular complexity index is 873. The molecule has 0 aliphatic carbocycles. The highest BCUT2D eigenvalue weighted by atomic mass is 32.2. The maximum atomic E-state index is 12.0. The quantitative estimate of drug-likeness (QED) is 0.0959. The molecule has 33 heavy (non-hydrogen) atoms. The molecule has 0 heterocycles. The van der Waals surface area contributed by atoms with Gasteiger partial charge in [-0.05, 0) is 46.9 Å². The minimum absolute atomic E-state index is 0.0860. The molecule has 178 valence electrons. The van der Waals surface area contributed by atoms with Gasteiger partial charge in [0.15, 0.2) is 5.17 Å². The summed E-state index contributed by atoms with van der Waals surface area (Å²) in [4.78, 5) is 24.8. The molecular weight excluding hydrogens is 472 g/mol. The van der Waals surface area contributed by atoms with E-state index in [-0.39, 0.29) is 34.9 Å². The van der Waals surface area contributed by atoms with E-state index in [2.05, 4.69) is 43.5 Å². The van der Waals surface area contributed by atoms with Crippen molar-refractivity contribution in [2.75, 3.05) is 11.5 Å². The molecule has 0 saturated carbocycles. The molecule has 0 bridgehead atoms. The summed E-state index contributed by atoms with van der Waals surface area (Å²) in [6.07, 6.45) is 9.33. The highest BCUT2D eigenvalue weighted by molar-refractivity contribution is 8.27. The normalized spacial score (nSPS) is 11.2. The molecule has 0 fully saturated rings. The molecular formula is C24H32N4O2S3. The zero-order valence-corrected chi connectivity index (χ0v) is 21.4. The van der Waals surface area contributed by atoms with Gasteiger partial charge in [0.1, 0.15) is 0 Å². The van der Waals surface area contributed by atoms with Crippen LogP contribution in [0.5, 0.6) is 0 Å². The van der Waals surface area contributed by atoms with Crippen molar-refractivity contribution in [1.82, 2.24) is 10.6 Å². The predicted octanol–water partition coefficient (Wildman–Crippen LogP) is 5.92. The smallest absolute Gasteiger partial charge is 0.230 e. The monoisotopic (exact) mass is 504 g/mol. The summed E-state index contributed by atoms with van der Waals surface area (Å²) in [6.45, 7) is 20.6. The van der Waals surface area contributed by atoms with E-state index >= 15 is 0 Å². The van der Waals surface area contributed by atoms with Gasteiger partial charge >= 0.3 is 0 Å². The van der Waals surface area contributed by atoms with E-state index in [9.17, 15) is 9.59 Å². The van der Waals surface area contributed by atoms with Gasteiger partial charge in [-0.2, -0.15) is 11.8 Å². The first-order valence-electron chi connectivity index (χ1n) is 9.92. The van der Waals surface area contributed by atoms with Gasteiger partial charge in [0, 0.05) is 5.75 Å². The zero-order valence-electron chi connectivity index (χ0n) is 19.0. The van der Waals surface area contributed by atoms with Gasteiger partial charge in [-0.3, -0.25) is 20.4 Å². The van der Waals surface area contributed by atoms with Crippen molar-refractivity contribution in [1.29, 1.82) is 10.8 Å². The molecule has 0 unspecified atom stereocenters. The molecule has 9 heteroatoms. The van der Waals surface area contributed by atoms with E-state index in [0.29, 0.717) is 22.8 Å². The molecule has 0 aliphatic rings. The van der Waals surface area contributed by atoms with Crippen LogP contribution in [0.3, 0.4) is 0 Å². The van der Waals surface area contributed by atoms with Crippen LogP contribution in [-0.2, 0) is 9.59 Å². The lowest BCUT2D eigenvalue weighted by atomic mass is 10.1. The van der Waals surface area contributed by atoms with Gasteiger partial charge in [-0.1, -0.05) is 75.0 Å². The van der Waals surface area contributed by atoms with Crippen LogP contribution in [0.25, 0.3) is 0 Å². The molecule has 4 N–H and O–H groups in total. The van der Waals surface area contributed by atoms with Crippen LogP contribution in [0.2, 0.25) is 0 Å². The van der Waals surface area contributed by atoms with E-state index in [0.717, 1.165) is 28.0 Å². The molecule has 0 aliphatic heterocycles. The lowest BCUT2D eigenvalue weighted by Crippen LogP contribution is -2.28. The number of hydrogen-bond donors (Lipinski definition) is 4. The highest BCUT2D eigenvalue weighted by Crippen LogP contribution is 2.25. The first-order valence-corrected chi connectivity index (χ1v) is 12.7. The van der Waals surface area contributed by atoms with Crippen molar-refractivity contribution in [3.8, 4) is 0 Å². The topological polar surface area (TPSA) is 106 Å². The fourth-order valence-electron chi connectivity index (χ4n) is 2.16. The Kier molecular flexibility index (Phi) is 16.6. The lowest BCUT2D eigenvalue weighted by Gasteiger charge is -2.10. The van der Waals surface area contributed by atoms with Crippen molar-refractivity contribution in [3.63, 3.8) is 0 Å². The summed E-state index contributed by atoms with van der Waals surface area (Å²) in [6, 6.07) is 0. The summed E-state index contributed by atoms with van der Waals surface area (Å²) < 4.78 is 0. The largest absolute Gasteiger partial charge is 0.321 e. The second-order valence-corrected chi connectivity index (χ2v) is 9.90. The highest BCUT2D eigenvalue weighted by Gasteiger charge is 2.10. The van der Waals surface area contributed by atoms with E-state index < -0.39 is 0 Å². The third-order valence-electron chi connectivity index (χ3n) is 3.74. The Morgan fingerprint density at radius 1 is 0.939 bits per heavy atom. The molecule has 0 atom stereocenters. The molecule has 0 aromatic heterocycles. The number of amidine groups is 1. The molecule has 0 radical (unpaired) electrons. The standard InChI is InChI=1S/C24H32N4O2S3/c1-7-11-20(10-4)15-23(30)28-24(26)33-21(25)16-31-13-12-17(5)32-18(6)27-22(29)14-19(8-2)9-3/h7-11,25H,1-2,4-6,12-16H2,3H3,(H,27,29)(H2,26,28,30)/b19-9+,20-11+,25-21?. The molecule has 0 saturated heterocycles. The van der Waals surface area contributed by atoms with Crippen molar-refractivity contribution < 1.29 is 9.59 Å². The first kappa shape index (κ1) is 30.5. The Morgan fingerprint density at radius 3 is 2.12 bits per heavy atom. The van der Waals surface area contributed by atoms with Crippen LogP contribution in [0.1, 0.15) is 26.2 Å². The van der Waals surface area contributed by atoms with Gasteiger partial charge in [-0.25, -0.2) is 0 Å². The Hall–Kier alpha value is -2.49. The number of nitrogens with one attached hydrogen (secondary N) is 4. The predicted molar refractivity (Wildman–Crippen MR) is 149 cm³/mol. The molecule has 0 spiro atoms. The van der Waals surface area contributed by atoms with Crippen molar-refractivity contribution in [3.05, 3.63) is 84.4 Å². The summed E-state index contributed by atoms with van der Waals surface area (Å²) in [7, 11) is 0. The molecule has 0 aromatic carbocycles. The van der Waals surface area contributed by atoms with E-state index in [1.54, 1.807) is 24.3 Å². The summed E-state index contributed by atoms with van der Waals surface area (Å²) in [5, 5.41) is 21.7. The van der Waals surface area contributed by atoms with Gasteiger partial charge < -0.3 is 10.6 Å². The number of hydrogen-bond acceptors (Lipinski definition) is 7. The van der Waals surface area contributed by atoms with E-state index in [4.69, 9.17) is 10.8 Å². The van der Waals surface area contributed by atoms with Crippen molar-refractivity contribution in [2.45, 2.75) is 26.2 Å². The Balaban J connectivity index is 4.14. The third-order valence-corrected chi connectivity index (χ3v) is 6.45. The summed E-state index contributed by atoms with van der Waals surface area (Å²) in [5.41, 5.74) is 1.55. The van der Waals surface area contributed by atoms with Gasteiger partial charge in [0.05, 0.1) is 22.9 Å². The molecule has 0 rings (SSSR count). The second-order valence-electron chi connectivity index (χ2n) is 6.42. The van der Waals surface area contributed by atoms with E-state index in [1.807, 2.05) is 13.0 Å². The average Bonchev–Trinajstić information content (AvgIpc) is 2.74. The number of allylic oxidation sites excluding steroid dienone is 6. The van der Waals surface area contributed by atoms with Crippen LogP contribution in [0.4, 0.5) is 0 Å². The maximum absolute atomic E-state index is 12.0. The zero-order chi connectivity index (χ0) is 25.2. The van der Waals surface area contributed by atoms with Crippen LogP contribution < -0.4 is 10.6 Å². The Labute approximate surface area is 209 Å². The molecule has 0 aromatic rings. The number of thioether (sulfide) groups is 3. The van der Waals surface area contributed by atoms with Crippen LogP contribution in [0, 0.1) is 10.8 Å². The van der Waals surface area contributed by atoms with Crippen LogP contribution in [0.15, 0.2) is 84.4 Å². The maximum Gasteiger partial charge on any atom is 0.230 e. The minimum Gasteiger partial charge on any atom is -0.321 e. The SMILES string of the molecule is C=C/C=C(\C=C)CC(=O)NC(=N)SC(=N)CSCCC(=C)SC(=C)NC(=O)C/C(C=C)=C/C. The number of carbonyl (C=O) groups is 2. The lowest BCUT2D eigenvalue weighted by molar-refractivity contribution is -0.120. The minimum atomic E-state index is -0.340. The summed E-state index contributed by atoms with van der Waals surface area (Å²) in [5.74, 6) is 0.651. The Morgan fingerprint density at radius 2 is 1.55 bits per heavy atom. The third kappa shape index (κ3) is 15.9. The number of amides is 2. The first-order chi connectivity index (χ1) is 15.6. The van der Waals surface area contributed by atoms with Crippen LogP contribution >= 0.6 is 35.3 Å². The van der Waals surface area contributed by atoms with Gasteiger partial charge in [0.2, 0.25) is 11.8 Å². The molecule has 2 amide bonds. The number of rotatable bonds is 15. The summed E-state index contributed by atoms with van der Waals surface area (Å²) >= 11 is 3.76. The second kappa shape index (κ2) is 18.0. The average molecular weight is 505 g/mol. The number of carbonyl (C=O) groups excluding carboxylic acids is 2. The van der Waals surface area contributed by atoms with Crippen molar-refractivity contribution in [2.24, 2.45) is 0 Å². The van der Waals surface area contributed by atoms with Gasteiger partial charge in [0.25, 0.3) is 0 Å². The fraction of sp³-hybridized carbons (Fsp3) is 0.250. The fourth-order valence-corrected chi connectivity index (χ4v) is 4.63.